The van der Waals surface area contributed by atoms with Crippen molar-refractivity contribution in [3.63, 3.8) is 0 Å². The molecule has 1 atom stereocenters. The van der Waals surface area contributed by atoms with E-state index in [0.29, 0.717) is 37.4 Å². The average molecular weight is 380 g/mol. The Kier molecular flexibility index (Phi) is 5.15. The van der Waals surface area contributed by atoms with Gasteiger partial charge >= 0.3 is 6.09 Å². The van der Waals surface area contributed by atoms with Gasteiger partial charge in [-0.15, -0.1) is 0 Å². The molecule has 6 nitrogen and oxygen atoms in total. The maximum Gasteiger partial charge on any atom is 0.410 e. The molecule has 0 N–H and O–H groups in total. The zero-order chi connectivity index (χ0) is 19.1. The van der Waals surface area contributed by atoms with Gasteiger partial charge in [-0.1, -0.05) is 18.5 Å². The van der Waals surface area contributed by atoms with Crippen LogP contribution in [0.3, 0.4) is 0 Å². The largest absolute Gasteiger partial charge is 0.444 e. The maximum absolute atomic E-state index is 12.9. The number of aromatic nitrogens is 1. The highest BCUT2D eigenvalue weighted by atomic mass is 35.5. The summed E-state index contributed by atoms with van der Waals surface area (Å²) in [6.07, 6.45) is 3.40. The van der Waals surface area contributed by atoms with Crippen LogP contribution >= 0.6 is 11.6 Å². The number of carbonyl (C=O) groups excluding carboxylic acids is 2. The summed E-state index contributed by atoms with van der Waals surface area (Å²) in [6.45, 7) is 8.66. The molecule has 0 aromatic carbocycles. The Morgan fingerprint density at radius 1 is 1.31 bits per heavy atom. The molecule has 2 amide bonds. The molecule has 0 spiro atoms. The Hall–Kier alpha value is -1.82. The van der Waals surface area contributed by atoms with Gasteiger partial charge in [0.2, 0.25) is 5.91 Å². The second kappa shape index (κ2) is 7.06. The van der Waals surface area contributed by atoms with Gasteiger partial charge in [-0.2, -0.15) is 0 Å². The van der Waals surface area contributed by atoms with Crippen LogP contribution in [-0.4, -0.2) is 46.6 Å². The number of piperidine rings is 1. The van der Waals surface area contributed by atoms with Crippen LogP contribution in [0.2, 0.25) is 5.02 Å². The smallest absolute Gasteiger partial charge is 0.410 e. The van der Waals surface area contributed by atoms with Crippen molar-refractivity contribution in [3.05, 3.63) is 23.0 Å². The fraction of sp³-hybridized carbons (Fsp3) is 0.632. The molecule has 3 rings (SSSR count). The van der Waals surface area contributed by atoms with Gasteiger partial charge in [0.1, 0.15) is 5.60 Å². The topological polar surface area (TPSA) is 62.7 Å². The van der Waals surface area contributed by atoms with Gasteiger partial charge in [-0.25, -0.2) is 4.79 Å². The summed E-state index contributed by atoms with van der Waals surface area (Å²) < 4.78 is 5.45. The number of halogens is 1. The lowest BCUT2D eigenvalue weighted by atomic mass is 9.92. The highest BCUT2D eigenvalue weighted by molar-refractivity contribution is 6.30. The Balaban J connectivity index is 1.74. The second-order valence-electron chi connectivity index (χ2n) is 8.13. The lowest BCUT2D eigenvalue weighted by Crippen LogP contribution is -2.52. The number of amides is 2. The Morgan fingerprint density at radius 2 is 1.96 bits per heavy atom. The minimum Gasteiger partial charge on any atom is -0.444 e. The van der Waals surface area contributed by atoms with Crippen LogP contribution in [0.4, 0.5) is 10.5 Å². The van der Waals surface area contributed by atoms with Crippen molar-refractivity contribution in [2.75, 3.05) is 18.0 Å². The van der Waals surface area contributed by atoms with Crippen molar-refractivity contribution in [2.45, 2.75) is 58.6 Å². The van der Waals surface area contributed by atoms with Crippen LogP contribution in [0.1, 0.15) is 46.2 Å². The Morgan fingerprint density at radius 3 is 2.58 bits per heavy atom. The molecular formula is C19H26ClN3O3. The molecule has 0 bridgehead atoms. The first-order valence-corrected chi connectivity index (χ1v) is 9.49. The number of rotatable bonds is 1. The third-order valence-corrected chi connectivity index (χ3v) is 5.02. The van der Waals surface area contributed by atoms with Gasteiger partial charge in [-0.05, 0) is 39.7 Å². The molecule has 1 aromatic heterocycles. The molecule has 3 heterocycles. The van der Waals surface area contributed by atoms with Crippen LogP contribution in [0.25, 0.3) is 0 Å². The fourth-order valence-electron chi connectivity index (χ4n) is 3.57. The summed E-state index contributed by atoms with van der Waals surface area (Å²) in [5, 5.41) is 0.530. The second-order valence-corrected chi connectivity index (χ2v) is 8.57. The van der Waals surface area contributed by atoms with E-state index in [1.807, 2.05) is 38.7 Å². The normalized spacial score (nSPS) is 21.6. The van der Waals surface area contributed by atoms with Gasteiger partial charge in [0, 0.05) is 37.7 Å². The first kappa shape index (κ1) is 19.0. The number of hydrogen-bond donors (Lipinski definition) is 0. The van der Waals surface area contributed by atoms with Gasteiger partial charge in [0.15, 0.2) is 0 Å². The first-order chi connectivity index (χ1) is 12.2. The summed E-state index contributed by atoms with van der Waals surface area (Å²) in [7, 11) is 0. The predicted octanol–water partition coefficient (Wildman–Crippen LogP) is 3.66. The summed E-state index contributed by atoms with van der Waals surface area (Å²) in [5.41, 5.74) is 1.22. The van der Waals surface area contributed by atoms with Crippen molar-refractivity contribution in [1.82, 2.24) is 9.88 Å². The molecule has 0 aliphatic carbocycles. The van der Waals surface area contributed by atoms with Crippen LogP contribution in [0.5, 0.6) is 0 Å². The number of pyridine rings is 1. The standard InChI is InChI=1S/C19H26ClN3O3/c1-12-9-15-16(10-13(20)11-21-15)23(17(12)24)14-5-7-22(8-6-14)18(25)26-19(2,3)4/h10-12,14H,5-9H2,1-4H3. The summed E-state index contributed by atoms with van der Waals surface area (Å²) >= 11 is 6.12. The third-order valence-electron chi connectivity index (χ3n) is 4.81. The zero-order valence-electron chi connectivity index (χ0n) is 15.8. The van der Waals surface area contributed by atoms with Crippen molar-refractivity contribution < 1.29 is 14.3 Å². The Bertz CT molecular complexity index is 708. The van der Waals surface area contributed by atoms with Crippen LogP contribution in [0, 0.1) is 5.92 Å². The molecule has 0 radical (unpaired) electrons. The van der Waals surface area contributed by atoms with Gasteiger partial charge in [0.05, 0.1) is 16.4 Å². The van der Waals surface area contributed by atoms with E-state index in [4.69, 9.17) is 16.3 Å². The van der Waals surface area contributed by atoms with Gasteiger partial charge in [0.25, 0.3) is 0 Å². The minimum absolute atomic E-state index is 0.0444. The number of ether oxygens (including phenoxy) is 1. The van der Waals surface area contributed by atoms with Crippen LogP contribution in [-0.2, 0) is 16.0 Å². The van der Waals surface area contributed by atoms with E-state index in [1.54, 1.807) is 11.1 Å². The zero-order valence-corrected chi connectivity index (χ0v) is 16.5. The molecule has 2 aliphatic rings. The molecular weight excluding hydrogens is 354 g/mol. The van der Waals surface area contributed by atoms with Crippen LogP contribution in [0.15, 0.2) is 12.3 Å². The van der Waals surface area contributed by atoms with Crippen LogP contribution < -0.4 is 4.90 Å². The fourth-order valence-corrected chi connectivity index (χ4v) is 3.72. The van der Waals surface area contributed by atoms with E-state index in [-0.39, 0.29) is 24.0 Å². The van der Waals surface area contributed by atoms with E-state index in [2.05, 4.69) is 4.98 Å². The number of nitrogens with zero attached hydrogens (tertiary/aromatic N) is 3. The predicted molar refractivity (Wildman–Crippen MR) is 100 cm³/mol. The number of likely N-dealkylation sites (tertiary alicyclic amines) is 1. The molecule has 7 heteroatoms. The van der Waals surface area contributed by atoms with Crippen molar-refractivity contribution in [1.29, 1.82) is 0 Å². The highest BCUT2D eigenvalue weighted by Crippen LogP contribution is 2.35. The Labute approximate surface area is 159 Å². The molecule has 1 fully saturated rings. The number of carbonyl (C=O) groups is 2. The monoisotopic (exact) mass is 379 g/mol. The molecule has 1 unspecified atom stereocenters. The van der Waals surface area contributed by atoms with Crippen molar-refractivity contribution in [3.8, 4) is 0 Å². The lowest BCUT2D eigenvalue weighted by Gasteiger charge is -2.42. The first-order valence-electron chi connectivity index (χ1n) is 9.11. The quantitative estimate of drug-likeness (QED) is 0.747. The summed E-state index contributed by atoms with van der Waals surface area (Å²) in [4.78, 5) is 33.1. The van der Waals surface area contributed by atoms with E-state index >= 15 is 0 Å². The van der Waals surface area contributed by atoms with E-state index in [0.717, 1.165) is 11.4 Å². The molecule has 26 heavy (non-hydrogen) atoms. The number of fused-ring (bicyclic) bond motifs is 1. The maximum atomic E-state index is 12.9. The third kappa shape index (κ3) is 3.95. The lowest BCUT2D eigenvalue weighted by molar-refractivity contribution is -0.123. The molecule has 2 aliphatic heterocycles. The van der Waals surface area contributed by atoms with Crippen molar-refractivity contribution in [2.24, 2.45) is 5.92 Å². The highest BCUT2D eigenvalue weighted by Gasteiger charge is 2.38. The van der Waals surface area contributed by atoms with Gasteiger partial charge in [-0.3, -0.25) is 9.78 Å². The van der Waals surface area contributed by atoms with Gasteiger partial charge < -0.3 is 14.5 Å². The van der Waals surface area contributed by atoms with Crippen molar-refractivity contribution >= 4 is 29.3 Å². The summed E-state index contributed by atoms with van der Waals surface area (Å²) in [5.74, 6) is 0.0114. The number of hydrogen-bond acceptors (Lipinski definition) is 4. The molecule has 1 aromatic rings. The number of anilines is 1. The molecule has 1 saturated heterocycles. The molecule has 0 saturated carbocycles. The molecule has 142 valence electrons. The minimum atomic E-state index is -0.506. The van der Waals surface area contributed by atoms with E-state index in [9.17, 15) is 9.59 Å². The van der Waals surface area contributed by atoms with E-state index < -0.39 is 5.60 Å². The summed E-state index contributed by atoms with van der Waals surface area (Å²) in [6, 6.07) is 1.87. The van der Waals surface area contributed by atoms with E-state index in [1.165, 1.54) is 0 Å². The SMILES string of the molecule is CC1Cc2ncc(Cl)cc2N(C2CCN(C(=O)OC(C)(C)C)CC2)C1=O. The average Bonchev–Trinajstić information content (AvgIpc) is 2.55.